The normalized spacial score (nSPS) is 12.5. The van der Waals surface area contributed by atoms with E-state index in [1.54, 1.807) is 6.92 Å². The lowest BCUT2D eigenvalue weighted by molar-refractivity contribution is 0.0517. The summed E-state index contributed by atoms with van der Waals surface area (Å²) in [6.07, 6.45) is 2.04. The molecule has 1 N–H and O–H groups in total. The van der Waals surface area contributed by atoms with Crippen molar-refractivity contribution in [1.29, 1.82) is 0 Å². The van der Waals surface area contributed by atoms with E-state index in [1.807, 2.05) is 6.92 Å². The van der Waals surface area contributed by atoms with E-state index in [0.29, 0.717) is 18.0 Å². The second kappa shape index (κ2) is 5.48. The van der Waals surface area contributed by atoms with E-state index in [1.165, 1.54) is 0 Å². The van der Waals surface area contributed by atoms with Gasteiger partial charge < -0.3 is 4.74 Å². The predicted molar refractivity (Wildman–Crippen MR) is 55.7 cm³/mol. The zero-order valence-electron chi connectivity index (χ0n) is 9.41. The molecule has 0 amide bonds. The number of rotatable bonds is 5. The highest BCUT2D eigenvalue weighted by Gasteiger charge is 2.21. The van der Waals surface area contributed by atoms with Crippen molar-refractivity contribution >= 4 is 5.97 Å². The van der Waals surface area contributed by atoms with Crippen LogP contribution in [-0.2, 0) is 4.74 Å². The van der Waals surface area contributed by atoms with Crippen molar-refractivity contribution in [1.82, 2.24) is 15.4 Å². The molecule has 0 radical (unpaired) electrons. The molecule has 0 saturated carbocycles. The van der Waals surface area contributed by atoms with Gasteiger partial charge in [-0.3, -0.25) is 0 Å². The molecule has 0 aliphatic carbocycles. The molecule has 1 aromatic heterocycles. The highest BCUT2D eigenvalue weighted by molar-refractivity contribution is 5.88. The molecule has 0 fully saturated rings. The number of H-pyrrole nitrogens is 1. The Kier molecular flexibility index (Phi) is 4.27. The lowest BCUT2D eigenvalue weighted by Gasteiger charge is -2.07. The molecule has 1 atom stereocenters. The monoisotopic (exact) mass is 211 g/mol. The minimum atomic E-state index is -0.399. The van der Waals surface area contributed by atoms with Crippen molar-refractivity contribution in [2.24, 2.45) is 0 Å². The van der Waals surface area contributed by atoms with Crippen molar-refractivity contribution < 1.29 is 9.53 Å². The predicted octanol–water partition coefficient (Wildman–Crippen LogP) is 1.89. The number of nitrogens with one attached hydrogen (secondary N) is 1. The quantitative estimate of drug-likeness (QED) is 0.755. The third kappa shape index (κ3) is 2.78. The first-order chi connectivity index (χ1) is 7.20. The van der Waals surface area contributed by atoms with Crippen LogP contribution < -0.4 is 0 Å². The van der Waals surface area contributed by atoms with Crippen LogP contribution in [0.5, 0.6) is 0 Å². The fraction of sp³-hybridized carbons (Fsp3) is 0.700. The molecule has 84 valence electrons. The molecule has 0 aliphatic rings. The lowest BCUT2D eigenvalue weighted by atomic mass is 10.0. The molecular formula is C10H17N3O2. The van der Waals surface area contributed by atoms with Crippen molar-refractivity contribution in [3.05, 3.63) is 11.4 Å². The van der Waals surface area contributed by atoms with Gasteiger partial charge in [-0.05, 0) is 13.3 Å². The number of hydrogen-bond donors (Lipinski definition) is 1. The minimum absolute atomic E-state index is 0.230. The molecule has 1 rings (SSSR count). The van der Waals surface area contributed by atoms with E-state index in [0.717, 1.165) is 12.8 Å². The fourth-order valence-electron chi connectivity index (χ4n) is 1.50. The molecule has 0 aliphatic heterocycles. The molecule has 1 aromatic rings. The van der Waals surface area contributed by atoms with Crippen LogP contribution in [0.15, 0.2) is 0 Å². The van der Waals surface area contributed by atoms with Crippen LogP contribution in [0.3, 0.4) is 0 Å². The minimum Gasteiger partial charge on any atom is -0.461 e. The summed E-state index contributed by atoms with van der Waals surface area (Å²) < 4.78 is 4.89. The lowest BCUT2D eigenvalue weighted by Crippen LogP contribution is -2.09. The van der Waals surface area contributed by atoms with Gasteiger partial charge in [-0.1, -0.05) is 20.3 Å². The van der Waals surface area contributed by atoms with Crippen LogP contribution in [0.2, 0.25) is 0 Å². The Labute approximate surface area is 89.2 Å². The average Bonchev–Trinajstić information content (AvgIpc) is 2.66. The summed E-state index contributed by atoms with van der Waals surface area (Å²) in [6.45, 7) is 6.26. The zero-order valence-corrected chi connectivity index (χ0v) is 9.41. The van der Waals surface area contributed by atoms with Gasteiger partial charge in [0, 0.05) is 5.92 Å². The highest BCUT2D eigenvalue weighted by Crippen LogP contribution is 2.20. The number of esters is 1. The summed E-state index contributed by atoms with van der Waals surface area (Å²) in [5, 5.41) is 10.3. The van der Waals surface area contributed by atoms with Crippen LogP contribution in [0.4, 0.5) is 0 Å². The Hall–Kier alpha value is -1.39. The Balaban J connectivity index is 2.81. The van der Waals surface area contributed by atoms with Gasteiger partial charge >= 0.3 is 5.97 Å². The van der Waals surface area contributed by atoms with E-state index in [4.69, 9.17) is 4.74 Å². The zero-order chi connectivity index (χ0) is 11.3. The molecule has 15 heavy (non-hydrogen) atoms. The fourth-order valence-corrected chi connectivity index (χ4v) is 1.50. The molecule has 0 saturated heterocycles. The van der Waals surface area contributed by atoms with Crippen molar-refractivity contribution in [3.8, 4) is 0 Å². The van der Waals surface area contributed by atoms with Crippen molar-refractivity contribution in [2.75, 3.05) is 6.61 Å². The second-order valence-corrected chi connectivity index (χ2v) is 3.47. The first kappa shape index (κ1) is 11.7. The maximum atomic E-state index is 11.5. The molecule has 1 heterocycles. The number of hydrogen-bond acceptors (Lipinski definition) is 4. The average molecular weight is 211 g/mol. The van der Waals surface area contributed by atoms with Gasteiger partial charge in [0.1, 0.15) is 5.69 Å². The Morgan fingerprint density at radius 2 is 2.20 bits per heavy atom. The van der Waals surface area contributed by atoms with Crippen LogP contribution in [0.25, 0.3) is 0 Å². The molecular weight excluding hydrogens is 194 g/mol. The van der Waals surface area contributed by atoms with Crippen LogP contribution in [-0.4, -0.2) is 28.0 Å². The summed E-state index contributed by atoms with van der Waals surface area (Å²) in [5.41, 5.74) is 1.02. The molecule has 1 unspecified atom stereocenters. The summed E-state index contributed by atoms with van der Waals surface area (Å²) in [7, 11) is 0. The van der Waals surface area contributed by atoms with Crippen molar-refractivity contribution in [2.45, 2.75) is 39.5 Å². The van der Waals surface area contributed by atoms with Gasteiger partial charge in [-0.2, -0.15) is 10.3 Å². The highest BCUT2D eigenvalue weighted by atomic mass is 16.5. The van der Waals surface area contributed by atoms with Crippen LogP contribution >= 0.6 is 0 Å². The molecule has 5 heteroatoms. The van der Waals surface area contributed by atoms with E-state index in [2.05, 4.69) is 22.3 Å². The molecule has 0 aromatic carbocycles. The Morgan fingerprint density at radius 3 is 2.80 bits per heavy atom. The van der Waals surface area contributed by atoms with Gasteiger partial charge in [0.15, 0.2) is 5.69 Å². The van der Waals surface area contributed by atoms with E-state index >= 15 is 0 Å². The van der Waals surface area contributed by atoms with Gasteiger partial charge in [0.25, 0.3) is 0 Å². The SMILES string of the molecule is CCCC(C)c1n[nH]nc1C(=O)OCC. The first-order valence-corrected chi connectivity index (χ1v) is 5.28. The van der Waals surface area contributed by atoms with Crippen molar-refractivity contribution in [3.63, 3.8) is 0 Å². The number of aromatic amines is 1. The van der Waals surface area contributed by atoms with Gasteiger partial charge in [-0.25, -0.2) is 4.79 Å². The summed E-state index contributed by atoms with van der Waals surface area (Å²) in [4.78, 5) is 11.5. The Morgan fingerprint density at radius 1 is 1.47 bits per heavy atom. The number of nitrogens with zero attached hydrogens (tertiary/aromatic N) is 2. The van der Waals surface area contributed by atoms with E-state index < -0.39 is 5.97 Å². The number of aromatic nitrogens is 3. The van der Waals surface area contributed by atoms with E-state index in [9.17, 15) is 4.79 Å². The maximum absolute atomic E-state index is 11.5. The molecule has 0 bridgehead atoms. The van der Waals surface area contributed by atoms with E-state index in [-0.39, 0.29) is 5.92 Å². The van der Waals surface area contributed by atoms with Gasteiger partial charge in [0.05, 0.1) is 6.61 Å². The molecule has 0 spiro atoms. The molecule has 5 nitrogen and oxygen atoms in total. The third-order valence-corrected chi connectivity index (χ3v) is 2.23. The Bertz CT molecular complexity index is 322. The van der Waals surface area contributed by atoms with Gasteiger partial charge in [-0.15, -0.1) is 5.10 Å². The first-order valence-electron chi connectivity index (χ1n) is 5.28. The summed E-state index contributed by atoms with van der Waals surface area (Å²) >= 11 is 0. The summed E-state index contributed by atoms with van der Waals surface area (Å²) in [5.74, 6) is -0.169. The van der Waals surface area contributed by atoms with Crippen LogP contribution in [0.1, 0.15) is 55.7 Å². The smallest absolute Gasteiger partial charge is 0.360 e. The standard InChI is InChI=1S/C10H17N3O2/c1-4-6-7(3)8-9(12-13-11-8)10(14)15-5-2/h7H,4-6H2,1-3H3,(H,11,12,13). The van der Waals surface area contributed by atoms with Crippen LogP contribution in [0, 0.1) is 0 Å². The summed E-state index contributed by atoms with van der Waals surface area (Å²) in [6, 6.07) is 0. The largest absolute Gasteiger partial charge is 0.461 e. The maximum Gasteiger partial charge on any atom is 0.360 e. The topological polar surface area (TPSA) is 67.9 Å². The number of carbonyl (C=O) groups excluding carboxylic acids is 1. The third-order valence-electron chi connectivity index (χ3n) is 2.23. The number of carbonyl (C=O) groups is 1. The second-order valence-electron chi connectivity index (χ2n) is 3.47. The van der Waals surface area contributed by atoms with Gasteiger partial charge in [0.2, 0.25) is 0 Å². The number of ether oxygens (including phenoxy) is 1.